The van der Waals surface area contributed by atoms with Crippen molar-refractivity contribution in [3.05, 3.63) is 52.1 Å². The van der Waals surface area contributed by atoms with Gasteiger partial charge in [-0.3, -0.25) is 0 Å². The van der Waals surface area contributed by atoms with Gasteiger partial charge in [0.05, 0.1) is 5.69 Å². The van der Waals surface area contributed by atoms with Crippen LogP contribution in [-0.2, 0) is 5.88 Å². The molecule has 0 radical (unpaired) electrons. The molecule has 0 amide bonds. The van der Waals surface area contributed by atoms with E-state index in [-0.39, 0.29) is 0 Å². The van der Waals surface area contributed by atoms with Crippen molar-refractivity contribution in [3.63, 3.8) is 0 Å². The van der Waals surface area contributed by atoms with Crippen molar-refractivity contribution in [2.75, 3.05) is 5.32 Å². The Balaban J connectivity index is 2.28. The van der Waals surface area contributed by atoms with Gasteiger partial charge in [-0.25, -0.2) is 4.98 Å². The lowest BCUT2D eigenvalue weighted by Crippen LogP contribution is -1.97. The molecular weight excluding hydrogens is 300 g/mol. The molecule has 0 atom stereocenters. The Morgan fingerprint density at radius 3 is 2.71 bits per heavy atom. The van der Waals surface area contributed by atoms with Crippen LogP contribution >= 0.6 is 27.5 Å². The molecule has 1 aromatic carbocycles. The molecule has 0 aliphatic carbocycles. The number of alkyl halides is 1. The molecular formula is C13H12BrClN2. The SMILES string of the molecule is Cc1nc(Nc2ccccc2CCl)ccc1Br. The second kappa shape index (κ2) is 5.52. The van der Waals surface area contributed by atoms with Crippen molar-refractivity contribution in [2.24, 2.45) is 0 Å². The normalized spacial score (nSPS) is 10.3. The van der Waals surface area contributed by atoms with E-state index in [0.717, 1.165) is 27.2 Å². The fraction of sp³-hybridized carbons (Fsp3) is 0.154. The maximum atomic E-state index is 5.89. The van der Waals surface area contributed by atoms with Gasteiger partial charge in [-0.05, 0) is 46.6 Å². The number of hydrogen-bond donors (Lipinski definition) is 1. The molecule has 0 aliphatic heterocycles. The van der Waals surface area contributed by atoms with Gasteiger partial charge in [0.2, 0.25) is 0 Å². The number of aryl methyl sites for hydroxylation is 1. The minimum absolute atomic E-state index is 0.485. The number of nitrogens with zero attached hydrogens (tertiary/aromatic N) is 1. The van der Waals surface area contributed by atoms with Crippen molar-refractivity contribution in [2.45, 2.75) is 12.8 Å². The highest BCUT2D eigenvalue weighted by molar-refractivity contribution is 9.10. The number of hydrogen-bond acceptors (Lipinski definition) is 2. The van der Waals surface area contributed by atoms with E-state index in [4.69, 9.17) is 11.6 Å². The quantitative estimate of drug-likeness (QED) is 0.836. The lowest BCUT2D eigenvalue weighted by Gasteiger charge is -2.10. The first kappa shape index (κ1) is 12.4. The average molecular weight is 312 g/mol. The molecule has 1 N–H and O–H groups in total. The van der Waals surface area contributed by atoms with Gasteiger partial charge in [-0.15, -0.1) is 11.6 Å². The van der Waals surface area contributed by atoms with E-state index in [2.05, 4.69) is 26.2 Å². The number of aromatic nitrogens is 1. The van der Waals surface area contributed by atoms with E-state index in [1.807, 2.05) is 43.3 Å². The zero-order valence-corrected chi connectivity index (χ0v) is 11.7. The summed E-state index contributed by atoms with van der Waals surface area (Å²) in [5, 5.41) is 3.28. The Morgan fingerprint density at radius 2 is 2.00 bits per heavy atom. The summed E-state index contributed by atoms with van der Waals surface area (Å²) in [4.78, 5) is 4.44. The van der Waals surface area contributed by atoms with Gasteiger partial charge in [0.15, 0.2) is 0 Å². The van der Waals surface area contributed by atoms with Gasteiger partial charge in [0.1, 0.15) is 5.82 Å². The van der Waals surface area contributed by atoms with Gasteiger partial charge in [-0.2, -0.15) is 0 Å². The maximum Gasteiger partial charge on any atom is 0.130 e. The summed E-state index contributed by atoms with van der Waals surface area (Å²) >= 11 is 9.32. The molecule has 17 heavy (non-hydrogen) atoms. The molecule has 2 aromatic rings. The van der Waals surface area contributed by atoms with Crippen molar-refractivity contribution < 1.29 is 0 Å². The lowest BCUT2D eigenvalue weighted by atomic mass is 10.2. The summed E-state index contributed by atoms with van der Waals surface area (Å²) < 4.78 is 1.01. The zero-order valence-electron chi connectivity index (χ0n) is 9.37. The van der Waals surface area contributed by atoms with Gasteiger partial charge < -0.3 is 5.32 Å². The van der Waals surface area contributed by atoms with Gasteiger partial charge >= 0.3 is 0 Å². The number of rotatable bonds is 3. The molecule has 0 unspecified atom stereocenters. The zero-order chi connectivity index (χ0) is 12.3. The highest BCUT2D eigenvalue weighted by atomic mass is 79.9. The van der Waals surface area contributed by atoms with Crippen LogP contribution in [0.4, 0.5) is 11.5 Å². The first-order valence-electron chi connectivity index (χ1n) is 5.25. The van der Waals surface area contributed by atoms with Crippen molar-refractivity contribution in [1.29, 1.82) is 0 Å². The molecule has 0 bridgehead atoms. The molecule has 4 heteroatoms. The van der Waals surface area contributed by atoms with E-state index in [9.17, 15) is 0 Å². The van der Waals surface area contributed by atoms with Crippen LogP contribution in [-0.4, -0.2) is 4.98 Å². The molecule has 0 saturated heterocycles. The predicted molar refractivity (Wildman–Crippen MR) is 76.0 cm³/mol. The third-order valence-electron chi connectivity index (χ3n) is 2.45. The first-order valence-corrected chi connectivity index (χ1v) is 6.57. The monoisotopic (exact) mass is 310 g/mol. The van der Waals surface area contributed by atoms with Gasteiger partial charge in [0.25, 0.3) is 0 Å². The molecule has 0 aliphatic rings. The molecule has 0 fully saturated rings. The van der Waals surface area contributed by atoms with E-state index >= 15 is 0 Å². The minimum Gasteiger partial charge on any atom is -0.340 e. The molecule has 2 nitrogen and oxygen atoms in total. The summed E-state index contributed by atoms with van der Waals surface area (Å²) in [5.74, 6) is 1.31. The van der Waals surface area contributed by atoms with Crippen molar-refractivity contribution in [1.82, 2.24) is 4.98 Å². The Morgan fingerprint density at radius 1 is 1.24 bits per heavy atom. The topological polar surface area (TPSA) is 24.9 Å². The Hall–Kier alpha value is -1.06. The molecule has 1 heterocycles. The Kier molecular flexibility index (Phi) is 4.02. The van der Waals surface area contributed by atoms with Crippen molar-refractivity contribution in [3.8, 4) is 0 Å². The van der Waals surface area contributed by atoms with Crippen LogP contribution < -0.4 is 5.32 Å². The first-order chi connectivity index (χ1) is 8.20. The smallest absolute Gasteiger partial charge is 0.130 e. The van der Waals surface area contributed by atoms with E-state index < -0.39 is 0 Å². The summed E-state index contributed by atoms with van der Waals surface area (Å²) in [6.45, 7) is 1.96. The second-order valence-electron chi connectivity index (χ2n) is 3.68. The molecule has 2 rings (SSSR count). The summed E-state index contributed by atoms with van der Waals surface area (Å²) in [7, 11) is 0. The molecule has 1 aromatic heterocycles. The van der Waals surface area contributed by atoms with Crippen LogP contribution in [0.15, 0.2) is 40.9 Å². The summed E-state index contributed by atoms with van der Waals surface area (Å²) in [6, 6.07) is 11.9. The minimum atomic E-state index is 0.485. The Labute approximate surface area is 114 Å². The van der Waals surface area contributed by atoms with Crippen LogP contribution in [0.5, 0.6) is 0 Å². The number of halogens is 2. The van der Waals surface area contributed by atoms with Gasteiger partial charge in [0, 0.05) is 16.0 Å². The summed E-state index contributed by atoms with van der Waals surface area (Å²) in [5.41, 5.74) is 3.02. The van der Waals surface area contributed by atoms with E-state index in [1.54, 1.807) is 0 Å². The maximum absolute atomic E-state index is 5.89. The average Bonchev–Trinajstić information content (AvgIpc) is 2.34. The second-order valence-corrected chi connectivity index (χ2v) is 4.80. The number of pyridine rings is 1. The third kappa shape index (κ3) is 2.99. The standard InChI is InChI=1S/C13H12BrClN2/c1-9-11(14)6-7-13(16-9)17-12-5-3-2-4-10(12)8-15/h2-7H,8H2,1H3,(H,16,17). The number of nitrogens with one attached hydrogen (secondary N) is 1. The van der Waals surface area contributed by atoms with Crippen LogP contribution in [0.1, 0.15) is 11.3 Å². The molecule has 0 spiro atoms. The largest absolute Gasteiger partial charge is 0.340 e. The Bertz CT molecular complexity index is 529. The highest BCUT2D eigenvalue weighted by Gasteiger charge is 2.03. The fourth-order valence-electron chi connectivity index (χ4n) is 1.51. The molecule has 88 valence electrons. The number of para-hydroxylation sites is 1. The van der Waals surface area contributed by atoms with Gasteiger partial charge in [-0.1, -0.05) is 18.2 Å². The predicted octanol–water partition coefficient (Wildman–Crippen LogP) is 4.63. The fourth-order valence-corrected chi connectivity index (χ4v) is 1.96. The van der Waals surface area contributed by atoms with Crippen LogP contribution in [0.3, 0.4) is 0 Å². The highest BCUT2D eigenvalue weighted by Crippen LogP contribution is 2.23. The lowest BCUT2D eigenvalue weighted by molar-refractivity contribution is 1.18. The van der Waals surface area contributed by atoms with Crippen LogP contribution in [0.25, 0.3) is 0 Å². The number of anilines is 2. The van der Waals surface area contributed by atoms with Crippen LogP contribution in [0.2, 0.25) is 0 Å². The van der Waals surface area contributed by atoms with Crippen LogP contribution in [0, 0.1) is 6.92 Å². The van der Waals surface area contributed by atoms with E-state index in [0.29, 0.717) is 5.88 Å². The van der Waals surface area contributed by atoms with E-state index in [1.165, 1.54) is 0 Å². The molecule has 0 saturated carbocycles. The number of benzene rings is 1. The van der Waals surface area contributed by atoms with Crippen molar-refractivity contribution >= 4 is 39.0 Å². The third-order valence-corrected chi connectivity index (χ3v) is 3.57. The summed E-state index contributed by atoms with van der Waals surface area (Å²) in [6.07, 6.45) is 0.